The zero-order valence-electron chi connectivity index (χ0n) is 11.9. The molecule has 2 aromatic rings. The molecule has 4 heteroatoms. The fourth-order valence-corrected chi connectivity index (χ4v) is 2.77. The van der Waals surface area contributed by atoms with E-state index in [-0.39, 0.29) is 6.04 Å². The van der Waals surface area contributed by atoms with E-state index in [0.29, 0.717) is 10.0 Å². The molecule has 1 aromatic carbocycles. The van der Waals surface area contributed by atoms with E-state index in [1.807, 2.05) is 0 Å². The maximum Gasteiger partial charge on any atom is 0.0805 e. The number of hydrogen-bond acceptors (Lipinski definition) is 2. The third-order valence-corrected chi connectivity index (χ3v) is 3.98. The van der Waals surface area contributed by atoms with Gasteiger partial charge in [-0.15, -0.1) is 0 Å². The molecule has 20 heavy (non-hydrogen) atoms. The summed E-state index contributed by atoms with van der Waals surface area (Å²) in [5, 5.41) is 4.59. The van der Waals surface area contributed by atoms with Gasteiger partial charge in [0.25, 0.3) is 0 Å². The second-order valence-electron chi connectivity index (χ2n) is 4.80. The molecule has 0 bridgehead atoms. The molecule has 0 fully saturated rings. The number of halogens is 2. The van der Waals surface area contributed by atoms with Gasteiger partial charge in [-0.2, -0.15) is 0 Å². The Morgan fingerprint density at radius 2 is 2.00 bits per heavy atom. The van der Waals surface area contributed by atoms with Gasteiger partial charge in [0, 0.05) is 6.20 Å². The highest BCUT2D eigenvalue weighted by atomic mass is 35.5. The van der Waals surface area contributed by atoms with Crippen LogP contribution in [0.1, 0.15) is 35.3 Å². The molecule has 1 atom stereocenters. The van der Waals surface area contributed by atoms with E-state index in [2.05, 4.69) is 49.3 Å². The number of rotatable bonds is 4. The molecule has 106 valence electrons. The molecule has 1 aromatic heterocycles. The Hall–Kier alpha value is -1.09. The van der Waals surface area contributed by atoms with E-state index in [1.54, 1.807) is 12.3 Å². The van der Waals surface area contributed by atoms with E-state index < -0.39 is 0 Å². The first-order valence-electron chi connectivity index (χ1n) is 6.65. The lowest BCUT2D eigenvalue weighted by atomic mass is 9.95. The Balaban J connectivity index is 2.53. The highest BCUT2D eigenvalue weighted by Gasteiger charge is 2.20. The van der Waals surface area contributed by atoms with Crippen molar-refractivity contribution in [3.8, 4) is 0 Å². The van der Waals surface area contributed by atoms with Crippen molar-refractivity contribution in [2.24, 2.45) is 0 Å². The zero-order valence-corrected chi connectivity index (χ0v) is 13.4. The minimum Gasteiger partial charge on any atom is -0.305 e. The Labute approximate surface area is 130 Å². The van der Waals surface area contributed by atoms with Crippen LogP contribution in [-0.4, -0.2) is 11.5 Å². The van der Waals surface area contributed by atoms with Crippen LogP contribution in [-0.2, 0) is 0 Å². The molecule has 0 aliphatic carbocycles. The summed E-state index contributed by atoms with van der Waals surface area (Å²) in [5.41, 5.74) is 4.52. The molecule has 0 aliphatic rings. The third kappa shape index (κ3) is 3.14. The van der Waals surface area contributed by atoms with Crippen molar-refractivity contribution < 1.29 is 0 Å². The SMILES string of the molecule is CCNC(c1cccc(C)c1C)c1ncc(Cl)cc1Cl. The van der Waals surface area contributed by atoms with Gasteiger partial charge in [-0.25, -0.2) is 0 Å². The van der Waals surface area contributed by atoms with Gasteiger partial charge in [-0.3, -0.25) is 4.98 Å². The summed E-state index contributed by atoms with van der Waals surface area (Å²) in [6, 6.07) is 8.00. The maximum atomic E-state index is 6.32. The van der Waals surface area contributed by atoms with Crippen molar-refractivity contribution in [1.82, 2.24) is 10.3 Å². The molecule has 2 nitrogen and oxygen atoms in total. The number of aromatic nitrogens is 1. The third-order valence-electron chi connectivity index (χ3n) is 3.48. The van der Waals surface area contributed by atoms with Crippen LogP contribution >= 0.6 is 23.2 Å². The van der Waals surface area contributed by atoms with Gasteiger partial charge in [0.2, 0.25) is 0 Å². The van der Waals surface area contributed by atoms with Crippen LogP contribution in [0.4, 0.5) is 0 Å². The first-order valence-corrected chi connectivity index (χ1v) is 7.40. The van der Waals surface area contributed by atoms with Crippen LogP contribution in [0.5, 0.6) is 0 Å². The Kier molecular flexibility index (Phi) is 5.03. The summed E-state index contributed by atoms with van der Waals surface area (Å²) in [5.74, 6) is 0. The Morgan fingerprint density at radius 3 is 2.65 bits per heavy atom. The maximum absolute atomic E-state index is 6.32. The lowest BCUT2D eigenvalue weighted by Crippen LogP contribution is -2.24. The lowest BCUT2D eigenvalue weighted by molar-refractivity contribution is 0.612. The molecule has 0 saturated carbocycles. The molecule has 0 spiro atoms. The number of pyridine rings is 1. The van der Waals surface area contributed by atoms with Crippen molar-refractivity contribution >= 4 is 23.2 Å². The van der Waals surface area contributed by atoms with E-state index in [1.165, 1.54) is 16.7 Å². The topological polar surface area (TPSA) is 24.9 Å². The van der Waals surface area contributed by atoms with Gasteiger partial charge in [0.1, 0.15) is 0 Å². The molecule has 0 aliphatic heterocycles. The predicted octanol–water partition coefficient (Wildman–Crippen LogP) is 4.70. The smallest absolute Gasteiger partial charge is 0.0805 e. The van der Waals surface area contributed by atoms with E-state index >= 15 is 0 Å². The van der Waals surface area contributed by atoms with Crippen LogP contribution in [0.3, 0.4) is 0 Å². The normalized spacial score (nSPS) is 12.4. The molecule has 1 N–H and O–H groups in total. The molecule has 1 heterocycles. The van der Waals surface area contributed by atoms with E-state index in [0.717, 1.165) is 12.2 Å². The van der Waals surface area contributed by atoms with E-state index in [4.69, 9.17) is 23.2 Å². The minimum atomic E-state index is -0.0235. The molecule has 2 rings (SSSR count). The average molecular weight is 309 g/mol. The number of aryl methyl sites for hydroxylation is 1. The van der Waals surface area contributed by atoms with Crippen LogP contribution in [0.2, 0.25) is 10.0 Å². The molecular weight excluding hydrogens is 291 g/mol. The first-order chi connectivity index (χ1) is 9.54. The molecule has 0 radical (unpaired) electrons. The van der Waals surface area contributed by atoms with Crippen LogP contribution in [0, 0.1) is 13.8 Å². The van der Waals surface area contributed by atoms with Crippen molar-refractivity contribution in [2.45, 2.75) is 26.8 Å². The Morgan fingerprint density at radius 1 is 1.25 bits per heavy atom. The van der Waals surface area contributed by atoms with Gasteiger partial charge in [0.15, 0.2) is 0 Å². The van der Waals surface area contributed by atoms with Gasteiger partial charge in [0.05, 0.1) is 21.8 Å². The first kappa shape index (κ1) is 15.3. The second-order valence-corrected chi connectivity index (χ2v) is 5.64. The zero-order chi connectivity index (χ0) is 14.7. The standard InChI is InChI=1S/C16H18Cl2N2/c1-4-19-15(13-7-5-6-10(2)11(13)3)16-14(18)8-12(17)9-20-16/h5-9,15,19H,4H2,1-3H3. The van der Waals surface area contributed by atoms with Gasteiger partial charge in [-0.1, -0.05) is 48.3 Å². The fourth-order valence-electron chi connectivity index (χ4n) is 2.28. The highest BCUT2D eigenvalue weighted by Crippen LogP contribution is 2.30. The van der Waals surface area contributed by atoms with Crippen molar-refractivity contribution in [3.05, 3.63) is 62.9 Å². The lowest BCUT2D eigenvalue weighted by Gasteiger charge is -2.22. The summed E-state index contributed by atoms with van der Waals surface area (Å²) in [6.45, 7) is 7.14. The number of hydrogen-bond donors (Lipinski definition) is 1. The van der Waals surface area contributed by atoms with Gasteiger partial charge < -0.3 is 5.32 Å². The van der Waals surface area contributed by atoms with Crippen molar-refractivity contribution in [1.29, 1.82) is 0 Å². The fraction of sp³-hybridized carbons (Fsp3) is 0.312. The summed E-state index contributed by atoms with van der Waals surface area (Å²) in [6.07, 6.45) is 1.64. The highest BCUT2D eigenvalue weighted by molar-refractivity contribution is 6.34. The molecule has 0 saturated heterocycles. The number of nitrogens with one attached hydrogen (secondary N) is 1. The monoisotopic (exact) mass is 308 g/mol. The van der Waals surface area contributed by atoms with Gasteiger partial charge in [-0.05, 0) is 43.1 Å². The quantitative estimate of drug-likeness (QED) is 0.885. The second kappa shape index (κ2) is 6.57. The summed E-state index contributed by atoms with van der Waals surface area (Å²) >= 11 is 12.2. The predicted molar refractivity (Wildman–Crippen MR) is 85.7 cm³/mol. The number of nitrogens with zero attached hydrogens (tertiary/aromatic N) is 1. The average Bonchev–Trinajstić information content (AvgIpc) is 2.40. The molecule has 1 unspecified atom stereocenters. The Bertz CT molecular complexity index is 611. The summed E-state index contributed by atoms with van der Waals surface area (Å²) in [7, 11) is 0. The minimum absolute atomic E-state index is 0.0235. The van der Waals surface area contributed by atoms with Crippen LogP contribution in [0.25, 0.3) is 0 Å². The van der Waals surface area contributed by atoms with Crippen molar-refractivity contribution in [3.63, 3.8) is 0 Å². The summed E-state index contributed by atoms with van der Waals surface area (Å²) in [4.78, 5) is 4.42. The largest absolute Gasteiger partial charge is 0.305 e. The van der Waals surface area contributed by atoms with E-state index in [9.17, 15) is 0 Å². The summed E-state index contributed by atoms with van der Waals surface area (Å²) < 4.78 is 0. The van der Waals surface area contributed by atoms with Crippen molar-refractivity contribution in [2.75, 3.05) is 6.54 Å². The molecular formula is C16H18Cl2N2. The van der Waals surface area contributed by atoms with Crippen LogP contribution < -0.4 is 5.32 Å². The molecule has 0 amide bonds. The number of benzene rings is 1. The van der Waals surface area contributed by atoms with Crippen LogP contribution in [0.15, 0.2) is 30.5 Å². The van der Waals surface area contributed by atoms with Gasteiger partial charge >= 0.3 is 0 Å².